The Morgan fingerprint density at radius 3 is 2.71 bits per heavy atom. The van der Waals surface area contributed by atoms with Crippen LogP contribution in [0.4, 0.5) is 0 Å². The zero-order valence-electron chi connectivity index (χ0n) is 13.6. The van der Waals surface area contributed by atoms with Gasteiger partial charge in [-0.05, 0) is 37.9 Å². The van der Waals surface area contributed by atoms with Gasteiger partial charge in [0.05, 0.1) is 17.3 Å². The van der Waals surface area contributed by atoms with E-state index in [2.05, 4.69) is 15.2 Å². The van der Waals surface area contributed by atoms with Crippen LogP contribution in [0.2, 0.25) is 0 Å². The van der Waals surface area contributed by atoms with Crippen LogP contribution in [0.1, 0.15) is 29.6 Å². The van der Waals surface area contributed by atoms with Crippen LogP contribution in [-0.2, 0) is 0 Å². The molecule has 2 aromatic rings. The van der Waals surface area contributed by atoms with Crippen molar-refractivity contribution in [3.63, 3.8) is 0 Å². The fraction of sp³-hybridized carbons (Fsp3) is 0.444. The number of amides is 1. The van der Waals surface area contributed by atoms with Crippen LogP contribution in [0, 0.1) is 0 Å². The van der Waals surface area contributed by atoms with Gasteiger partial charge in [0, 0.05) is 36.1 Å². The van der Waals surface area contributed by atoms with Crippen LogP contribution >= 0.6 is 11.3 Å². The number of carbonyl (C=O) groups excluding carboxylic acids is 1. The molecule has 5 nitrogen and oxygen atoms in total. The summed E-state index contributed by atoms with van der Waals surface area (Å²) in [7, 11) is 0. The zero-order valence-corrected chi connectivity index (χ0v) is 14.5. The Morgan fingerprint density at radius 1 is 1.29 bits per heavy atom. The minimum Gasteiger partial charge on any atom is -0.393 e. The highest BCUT2D eigenvalue weighted by atomic mass is 32.1. The third-order valence-electron chi connectivity index (χ3n) is 4.37. The fourth-order valence-corrected chi connectivity index (χ4v) is 3.46. The van der Waals surface area contributed by atoms with E-state index in [0.29, 0.717) is 12.1 Å². The molecule has 2 N–H and O–H groups in total. The predicted octanol–water partition coefficient (Wildman–Crippen LogP) is 2.39. The molecular weight excluding hydrogens is 322 g/mol. The topological polar surface area (TPSA) is 65.5 Å². The van der Waals surface area contributed by atoms with E-state index in [0.717, 1.165) is 50.2 Å². The molecule has 0 atom stereocenters. The van der Waals surface area contributed by atoms with Gasteiger partial charge in [0.25, 0.3) is 5.91 Å². The summed E-state index contributed by atoms with van der Waals surface area (Å²) in [5, 5.41) is 14.5. The van der Waals surface area contributed by atoms with Gasteiger partial charge in [-0.15, -0.1) is 11.3 Å². The molecule has 0 saturated carbocycles. The van der Waals surface area contributed by atoms with Gasteiger partial charge in [-0.25, -0.2) is 4.98 Å². The highest BCUT2D eigenvalue weighted by Gasteiger charge is 2.16. The highest BCUT2D eigenvalue weighted by molar-refractivity contribution is 7.07. The first-order valence-corrected chi connectivity index (χ1v) is 9.34. The molecular formula is C18H23N3O2S. The first-order valence-electron chi connectivity index (χ1n) is 8.39. The Labute approximate surface area is 146 Å². The number of piperidine rings is 1. The quantitative estimate of drug-likeness (QED) is 0.789. The zero-order chi connectivity index (χ0) is 16.8. The molecule has 0 spiro atoms. The first kappa shape index (κ1) is 17.1. The van der Waals surface area contributed by atoms with Gasteiger partial charge >= 0.3 is 0 Å². The van der Waals surface area contributed by atoms with Crippen molar-refractivity contribution in [1.82, 2.24) is 15.2 Å². The summed E-state index contributed by atoms with van der Waals surface area (Å²) < 4.78 is 0. The molecule has 1 fully saturated rings. The summed E-state index contributed by atoms with van der Waals surface area (Å²) in [6.07, 6.45) is 2.52. The lowest BCUT2D eigenvalue weighted by atomic mass is 10.1. The van der Waals surface area contributed by atoms with Crippen LogP contribution in [0.15, 0.2) is 35.2 Å². The molecule has 1 aromatic carbocycles. The van der Waals surface area contributed by atoms with Gasteiger partial charge in [-0.1, -0.05) is 12.1 Å². The van der Waals surface area contributed by atoms with Gasteiger partial charge in [-0.3, -0.25) is 4.79 Å². The number of benzene rings is 1. The average Bonchev–Trinajstić information content (AvgIpc) is 3.15. The average molecular weight is 345 g/mol. The van der Waals surface area contributed by atoms with Gasteiger partial charge in [0.15, 0.2) is 0 Å². The van der Waals surface area contributed by atoms with E-state index in [9.17, 15) is 9.90 Å². The SMILES string of the molecule is O=C(NCCCN1CCC(O)CC1)c1ccc(-c2cscn2)cc1. The minimum absolute atomic E-state index is 0.0334. The smallest absolute Gasteiger partial charge is 0.251 e. The van der Waals surface area contributed by atoms with E-state index < -0.39 is 0 Å². The monoisotopic (exact) mass is 345 g/mol. The minimum atomic E-state index is -0.131. The molecule has 0 bridgehead atoms. The number of thiazole rings is 1. The number of hydrogen-bond donors (Lipinski definition) is 2. The largest absolute Gasteiger partial charge is 0.393 e. The third kappa shape index (κ3) is 4.63. The predicted molar refractivity (Wildman–Crippen MR) is 96.2 cm³/mol. The maximum absolute atomic E-state index is 12.2. The van der Waals surface area contributed by atoms with Crippen molar-refractivity contribution in [3.05, 3.63) is 40.7 Å². The van der Waals surface area contributed by atoms with Crippen molar-refractivity contribution in [2.24, 2.45) is 0 Å². The van der Waals surface area contributed by atoms with Crippen LogP contribution in [0.3, 0.4) is 0 Å². The molecule has 6 heteroatoms. The van der Waals surface area contributed by atoms with Crippen LogP contribution < -0.4 is 5.32 Å². The van der Waals surface area contributed by atoms with Crippen molar-refractivity contribution in [3.8, 4) is 11.3 Å². The molecule has 0 radical (unpaired) electrons. The van der Waals surface area contributed by atoms with Crippen molar-refractivity contribution >= 4 is 17.2 Å². The summed E-state index contributed by atoms with van der Waals surface area (Å²) in [5.74, 6) is -0.0334. The summed E-state index contributed by atoms with van der Waals surface area (Å²) >= 11 is 1.56. The molecule has 0 aliphatic carbocycles. The van der Waals surface area contributed by atoms with Crippen LogP contribution in [-0.4, -0.2) is 53.2 Å². The Kier molecular flexibility index (Phi) is 5.96. The normalized spacial score (nSPS) is 16.2. The second-order valence-electron chi connectivity index (χ2n) is 6.13. The number of likely N-dealkylation sites (tertiary alicyclic amines) is 1. The summed E-state index contributed by atoms with van der Waals surface area (Å²) in [6, 6.07) is 7.55. The van der Waals surface area contributed by atoms with E-state index in [1.807, 2.05) is 29.6 Å². The van der Waals surface area contributed by atoms with E-state index in [-0.39, 0.29) is 12.0 Å². The number of aliphatic hydroxyl groups excluding tert-OH is 1. The number of aliphatic hydroxyl groups is 1. The number of carbonyl (C=O) groups is 1. The number of hydrogen-bond acceptors (Lipinski definition) is 5. The van der Waals surface area contributed by atoms with Gasteiger partial charge in [-0.2, -0.15) is 0 Å². The second kappa shape index (κ2) is 8.37. The highest BCUT2D eigenvalue weighted by Crippen LogP contribution is 2.19. The van der Waals surface area contributed by atoms with Crippen molar-refractivity contribution in [2.45, 2.75) is 25.4 Å². The van der Waals surface area contributed by atoms with E-state index in [4.69, 9.17) is 0 Å². The molecule has 1 aliphatic heterocycles. The van der Waals surface area contributed by atoms with E-state index in [1.165, 1.54) is 0 Å². The lowest BCUT2D eigenvalue weighted by Crippen LogP contribution is -2.37. The maximum atomic E-state index is 12.2. The third-order valence-corrected chi connectivity index (χ3v) is 4.96. The lowest BCUT2D eigenvalue weighted by Gasteiger charge is -2.29. The number of nitrogens with one attached hydrogen (secondary N) is 1. The molecule has 128 valence electrons. The lowest BCUT2D eigenvalue weighted by molar-refractivity contribution is 0.0816. The van der Waals surface area contributed by atoms with Crippen LogP contribution in [0.5, 0.6) is 0 Å². The second-order valence-corrected chi connectivity index (χ2v) is 6.85. The molecule has 1 amide bonds. The number of rotatable bonds is 6. The Bertz CT molecular complexity index is 635. The van der Waals surface area contributed by atoms with Crippen molar-refractivity contribution in [2.75, 3.05) is 26.2 Å². The molecule has 0 unspecified atom stereocenters. The standard InChI is InChI=1S/C18H23N3O2S/c22-16-6-10-21(11-7-16)9-1-8-19-18(23)15-4-2-14(3-5-15)17-12-24-13-20-17/h2-5,12-13,16,22H,1,6-11H2,(H,19,23). The Hall–Kier alpha value is -1.76. The molecule has 1 aliphatic rings. The van der Waals surface area contributed by atoms with Gasteiger partial charge in [0.2, 0.25) is 0 Å². The molecule has 1 saturated heterocycles. The van der Waals surface area contributed by atoms with E-state index in [1.54, 1.807) is 16.8 Å². The van der Waals surface area contributed by atoms with Gasteiger partial charge < -0.3 is 15.3 Å². The number of aromatic nitrogens is 1. The van der Waals surface area contributed by atoms with Crippen molar-refractivity contribution < 1.29 is 9.90 Å². The Morgan fingerprint density at radius 2 is 2.04 bits per heavy atom. The maximum Gasteiger partial charge on any atom is 0.251 e. The molecule has 24 heavy (non-hydrogen) atoms. The Balaban J connectivity index is 1.40. The summed E-state index contributed by atoms with van der Waals surface area (Å²) in [4.78, 5) is 18.8. The molecule has 1 aromatic heterocycles. The first-order chi connectivity index (χ1) is 11.7. The fourth-order valence-electron chi connectivity index (χ4n) is 2.90. The number of nitrogens with zero attached hydrogens (tertiary/aromatic N) is 2. The van der Waals surface area contributed by atoms with Crippen LogP contribution in [0.25, 0.3) is 11.3 Å². The van der Waals surface area contributed by atoms with E-state index >= 15 is 0 Å². The van der Waals surface area contributed by atoms with Gasteiger partial charge in [0.1, 0.15) is 0 Å². The summed E-state index contributed by atoms with van der Waals surface area (Å²) in [6.45, 7) is 3.54. The molecule has 2 heterocycles. The molecule has 3 rings (SSSR count). The van der Waals surface area contributed by atoms with Crippen molar-refractivity contribution in [1.29, 1.82) is 0 Å². The summed E-state index contributed by atoms with van der Waals surface area (Å²) in [5.41, 5.74) is 4.45.